The molecule has 0 radical (unpaired) electrons. The normalized spacial score (nSPS) is 10.5. The summed E-state index contributed by atoms with van der Waals surface area (Å²) in [7, 11) is 0. The van der Waals surface area contributed by atoms with Crippen LogP contribution in [0, 0.1) is 0 Å². The molecule has 0 aliphatic rings. The molecule has 13 heavy (non-hydrogen) atoms. The zero-order chi connectivity index (χ0) is 10.2. The third-order valence-electron chi connectivity index (χ3n) is 2.31. The monoisotopic (exact) mass is 212 g/mol. The number of hydrogen-bond donors (Lipinski definition) is 0. The van der Waals surface area contributed by atoms with E-state index in [1.165, 1.54) is 18.9 Å². The van der Waals surface area contributed by atoms with Crippen LogP contribution in [0.4, 0.5) is 0 Å². The SMILES string of the molecule is C=C[CH2][Ti]([CH2]C=C)([CH2]C=C)[CH2]C=C. The standard InChI is InChI=1S/4C3H5.Ti/c4*1-3-2;/h4*3H,1-2H2;. The van der Waals surface area contributed by atoms with Gasteiger partial charge in [-0.05, 0) is 0 Å². The second kappa shape index (κ2) is 7.11. The Balaban J connectivity index is 4.53. The van der Waals surface area contributed by atoms with Crippen molar-refractivity contribution in [2.45, 2.75) is 18.9 Å². The van der Waals surface area contributed by atoms with E-state index < -0.39 is 16.6 Å². The Morgan fingerprint density at radius 2 is 0.846 bits per heavy atom. The zero-order valence-electron chi connectivity index (χ0n) is 8.47. The van der Waals surface area contributed by atoms with E-state index in [0.717, 1.165) is 0 Å². The van der Waals surface area contributed by atoms with E-state index in [9.17, 15) is 0 Å². The fourth-order valence-corrected chi connectivity index (χ4v) is 7.11. The molecule has 0 spiro atoms. The average molecular weight is 212 g/mol. The van der Waals surface area contributed by atoms with Crippen LogP contribution in [0.1, 0.15) is 0 Å². The maximum atomic E-state index is 3.84. The second-order valence-electron chi connectivity index (χ2n) is 3.47. The Hall–Kier alpha value is -0.326. The Kier molecular flexibility index (Phi) is 6.94. The molecule has 0 bridgehead atoms. The Labute approximate surface area is 86.1 Å². The molecule has 0 unspecified atom stereocenters. The van der Waals surface area contributed by atoms with Crippen LogP contribution in [-0.4, -0.2) is 0 Å². The molecule has 0 saturated heterocycles. The maximum absolute atomic E-state index is 3.84. The van der Waals surface area contributed by atoms with Crippen molar-refractivity contribution in [3.63, 3.8) is 0 Å². The Bertz CT molecular complexity index is 146. The predicted octanol–water partition coefficient (Wildman–Crippen LogP) is 4.56. The molecule has 0 fully saturated rings. The average Bonchev–Trinajstić information content (AvgIpc) is 2.06. The van der Waals surface area contributed by atoms with Crippen LogP contribution in [0.5, 0.6) is 0 Å². The van der Waals surface area contributed by atoms with Gasteiger partial charge in [0, 0.05) is 0 Å². The van der Waals surface area contributed by atoms with Gasteiger partial charge in [-0.25, -0.2) is 0 Å². The quantitative estimate of drug-likeness (QED) is 0.408. The van der Waals surface area contributed by atoms with Gasteiger partial charge >= 0.3 is 86.1 Å². The van der Waals surface area contributed by atoms with Gasteiger partial charge in [-0.1, -0.05) is 0 Å². The molecule has 0 aliphatic heterocycles. The van der Waals surface area contributed by atoms with Gasteiger partial charge in [-0.2, -0.15) is 0 Å². The van der Waals surface area contributed by atoms with Crippen LogP contribution in [-0.2, 0) is 16.6 Å². The summed E-state index contributed by atoms with van der Waals surface area (Å²) >= 11 is -1.79. The summed E-state index contributed by atoms with van der Waals surface area (Å²) in [5.41, 5.74) is 0. The molecule has 0 aliphatic carbocycles. The first kappa shape index (κ1) is 12.7. The summed E-state index contributed by atoms with van der Waals surface area (Å²) < 4.78 is 4.74. The molecular formula is C12H20Ti. The van der Waals surface area contributed by atoms with Crippen molar-refractivity contribution in [2.75, 3.05) is 0 Å². The Morgan fingerprint density at radius 3 is 1.00 bits per heavy atom. The fourth-order valence-electron chi connectivity index (χ4n) is 1.72. The summed E-state index contributed by atoms with van der Waals surface area (Å²) in [4.78, 5) is 0. The van der Waals surface area contributed by atoms with E-state index in [-0.39, 0.29) is 0 Å². The molecule has 0 aromatic rings. The molecule has 0 rings (SSSR count). The van der Waals surface area contributed by atoms with Gasteiger partial charge < -0.3 is 0 Å². The van der Waals surface area contributed by atoms with Crippen molar-refractivity contribution in [1.29, 1.82) is 0 Å². The summed E-state index contributed by atoms with van der Waals surface area (Å²) in [5, 5.41) is 0. The predicted molar refractivity (Wildman–Crippen MR) is 60.0 cm³/mol. The van der Waals surface area contributed by atoms with Crippen molar-refractivity contribution in [3.05, 3.63) is 50.6 Å². The topological polar surface area (TPSA) is 0 Å². The van der Waals surface area contributed by atoms with Gasteiger partial charge in [-0.3, -0.25) is 0 Å². The summed E-state index contributed by atoms with van der Waals surface area (Å²) in [5.74, 6) is 0. The van der Waals surface area contributed by atoms with Crippen LogP contribution in [0.3, 0.4) is 0 Å². The minimum atomic E-state index is -1.79. The molecule has 0 saturated carbocycles. The summed E-state index contributed by atoms with van der Waals surface area (Å²) in [6, 6.07) is 0. The van der Waals surface area contributed by atoms with Gasteiger partial charge in [0.15, 0.2) is 0 Å². The summed E-state index contributed by atoms with van der Waals surface area (Å²) in [6.07, 6.45) is 8.21. The van der Waals surface area contributed by atoms with Gasteiger partial charge in [0.1, 0.15) is 0 Å². The van der Waals surface area contributed by atoms with Crippen LogP contribution in [0.25, 0.3) is 0 Å². The third-order valence-corrected chi connectivity index (χ3v) is 9.52. The van der Waals surface area contributed by atoms with Crippen molar-refractivity contribution < 1.29 is 16.6 Å². The van der Waals surface area contributed by atoms with E-state index in [1.807, 2.05) is 0 Å². The van der Waals surface area contributed by atoms with Crippen molar-refractivity contribution >= 4 is 0 Å². The molecule has 1 heteroatoms. The zero-order valence-corrected chi connectivity index (χ0v) is 10.0. The molecule has 0 amide bonds. The van der Waals surface area contributed by atoms with Crippen LogP contribution in [0.15, 0.2) is 50.6 Å². The molecule has 0 aromatic carbocycles. The molecule has 0 atom stereocenters. The van der Waals surface area contributed by atoms with Gasteiger partial charge in [0.25, 0.3) is 0 Å². The number of rotatable bonds is 8. The third kappa shape index (κ3) is 4.45. The fraction of sp³-hybridized carbons (Fsp3) is 0.333. The van der Waals surface area contributed by atoms with Gasteiger partial charge in [-0.15, -0.1) is 0 Å². The van der Waals surface area contributed by atoms with Crippen LogP contribution >= 0.6 is 0 Å². The van der Waals surface area contributed by atoms with Crippen LogP contribution < -0.4 is 0 Å². The first-order valence-corrected chi connectivity index (χ1v) is 9.10. The van der Waals surface area contributed by atoms with Gasteiger partial charge in [0.05, 0.1) is 0 Å². The first-order valence-electron chi connectivity index (χ1n) is 4.68. The van der Waals surface area contributed by atoms with Gasteiger partial charge in [0.2, 0.25) is 0 Å². The van der Waals surface area contributed by atoms with Crippen molar-refractivity contribution in [3.8, 4) is 0 Å². The molecule has 0 aromatic heterocycles. The molecule has 0 nitrogen and oxygen atoms in total. The van der Waals surface area contributed by atoms with Crippen molar-refractivity contribution in [1.82, 2.24) is 0 Å². The summed E-state index contributed by atoms with van der Waals surface area (Å²) in [6.45, 7) is 15.3. The van der Waals surface area contributed by atoms with E-state index in [4.69, 9.17) is 0 Å². The number of allylic oxidation sites excluding steroid dienone is 4. The van der Waals surface area contributed by atoms with E-state index in [2.05, 4.69) is 50.6 Å². The molecule has 0 N–H and O–H groups in total. The van der Waals surface area contributed by atoms with Crippen molar-refractivity contribution in [2.24, 2.45) is 0 Å². The Morgan fingerprint density at radius 1 is 0.615 bits per heavy atom. The van der Waals surface area contributed by atoms with E-state index in [0.29, 0.717) is 0 Å². The number of hydrogen-bond acceptors (Lipinski definition) is 0. The second-order valence-corrected chi connectivity index (χ2v) is 10.7. The minimum absolute atomic E-state index is 1.18. The molecule has 72 valence electrons. The first-order chi connectivity index (χ1) is 6.24. The van der Waals surface area contributed by atoms with E-state index in [1.54, 1.807) is 0 Å². The molecule has 0 heterocycles. The van der Waals surface area contributed by atoms with Crippen LogP contribution in [0.2, 0.25) is 18.9 Å². The van der Waals surface area contributed by atoms with E-state index >= 15 is 0 Å². The molecular weight excluding hydrogens is 192 g/mol.